The molecule has 0 unspecified atom stereocenters. The molecule has 0 aromatic heterocycles. The number of sulfonamides is 1. The molecule has 1 aromatic carbocycles. The number of nitrogens with zero attached hydrogens (tertiary/aromatic N) is 1. The van der Waals surface area contributed by atoms with E-state index in [1.807, 2.05) is 0 Å². The fourth-order valence-electron chi connectivity index (χ4n) is 1.41. The van der Waals surface area contributed by atoms with Crippen molar-refractivity contribution < 1.29 is 8.42 Å². The molecule has 6 heteroatoms. The molecule has 4 nitrogen and oxygen atoms in total. The third-order valence-electron chi connectivity index (χ3n) is 2.52. The van der Waals surface area contributed by atoms with Gasteiger partial charge in [-0.15, -0.1) is 0 Å². The molecule has 1 aromatic rings. The second-order valence-electron chi connectivity index (χ2n) is 3.84. The zero-order chi connectivity index (χ0) is 13.1. The molecule has 0 fully saturated rings. The van der Waals surface area contributed by atoms with Crippen LogP contribution in [0.25, 0.3) is 0 Å². The second kappa shape index (κ2) is 5.82. The highest BCUT2D eigenvalue weighted by atomic mass is 35.5. The topological polar surface area (TPSA) is 49.4 Å². The minimum atomic E-state index is -3.46. The summed E-state index contributed by atoms with van der Waals surface area (Å²) in [5.41, 5.74) is 0.700. The first kappa shape index (κ1) is 14.4. The molecule has 0 spiro atoms. The zero-order valence-electron chi connectivity index (χ0n) is 10.2. The van der Waals surface area contributed by atoms with Crippen molar-refractivity contribution in [2.24, 2.45) is 0 Å². The Kier molecular flexibility index (Phi) is 4.94. The van der Waals surface area contributed by atoms with Crippen LogP contribution in [-0.4, -0.2) is 39.9 Å². The van der Waals surface area contributed by atoms with Gasteiger partial charge in [-0.2, -0.15) is 4.31 Å². The molecule has 0 aliphatic rings. The van der Waals surface area contributed by atoms with Crippen molar-refractivity contribution in [1.82, 2.24) is 9.62 Å². The number of hydrogen-bond donors (Lipinski definition) is 1. The van der Waals surface area contributed by atoms with E-state index in [-0.39, 0.29) is 4.90 Å². The van der Waals surface area contributed by atoms with E-state index in [2.05, 4.69) is 5.32 Å². The van der Waals surface area contributed by atoms with Crippen molar-refractivity contribution in [1.29, 1.82) is 0 Å². The summed E-state index contributed by atoms with van der Waals surface area (Å²) >= 11 is 5.84. The average Bonchev–Trinajstić information content (AvgIpc) is 2.28. The summed E-state index contributed by atoms with van der Waals surface area (Å²) in [7, 11) is -0.110. The third kappa shape index (κ3) is 3.42. The summed E-state index contributed by atoms with van der Waals surface area (Å²) in [4.78, 5) is 0.267. The monoisotopic (exact) mass is 276 g/mol. The van der Waals surface area contributed by atoms with Gasteiger partial charge < -0.3 is 5.32 Å². The quantitative estimate of drug-likeness (QED) is 0.886. The van der Waals surface area contributed by atoms with Crippen LogP contribution in [0, 0.1) is 6.92 Å². The second-order valence-corrected chi connectivity index (χ2v) is 6.29. The van der Waals surface area contributed by atoms with Gasteiger partial charge in [-0.25, -0.2) is 8.42 Å². The lowest BCUT2D eigenvalue weighted by Gasteiger charge is -2.18. The Morgan fingerprint density at radius 3 is 2.65 bits per heavy atom. The van der Waals surface area contributed by atoms with Crippen LogP contribution in [0.1, 0.15) is 5.56 Å². The lowest BCUT2D eigenvalue weighted by atomic mass is 10.2. The summed E-state index contributed by atoms with van der Waals surface area (Å²) in [6, 6.07) is 4.88. The maximum atomic E-state index is 12.3. The van der Waals surface area contributed by atoms with Gasteiger partial charge in [0.2, 0.25) is 10.0 Å². The molecular formula is C11H17ClN2O2S. The molecule has 1 rings (SSSR count). The van der Waals surface area contributed by atoms with Gasteiger partial charge in [-0.05, 0) is 31.7 Å². The molecule has 0 heterocycles. The van der Waals surface area contributed by atoms with E-state index in [0.717, 1.165) is 0 Å². The van der Waals surface area contributed by atoms with Crippen LogP contribution in [0.5, 0.6) is 0 Å². The largest absolute Gasteiger partial charge is 0.318 e. The van der Waals surface area contributed by atoms with Crippen molar-refractivity contribution in [3.8, 4) is 0 Å². The number of likely N-dealkylation sites (N-methyl/N-ethyl adjacent to an activating group) is 2. The summed E-state index contributed by atoms with van der Waals surface area (Å²) in [5.74, 6) is 0. The van der Waals surface area contributed by atoms with Crippen LogP contribution < -0.4 is 5.32 Å². The van der Waals surface area contributed by atoms with Crippen LogP contribution in [-0.2, 0) is 10.0 Å². The highest BCUT2D eigenvalue weighted by Crippen LogP contribution is 2.22. The van der Waals surface area contributed by atoms with E-state index in [1.54, 1.807) is 33.2 Å². The normalized spacial score (nSPS) is 12.1. The fraction of sp³-hybridized carbons (Fsp3) is 0.455. The van der Waals surface area contributed by atoms with Crippen LogP contribution in [0.15, 0.2) is 23.1 Å². The number of nitrogens with one attached hydrogen (secondary N) is 1. The summed E-state index contributed by atoms with van der Waals surface area (Å²) in [6.07, 6.45) is 0. The van der Waals surface area contributed by atoms with Crippen LogP contribution in [0.3, 0.4) is 0 Å². The molecular weight excluding hydrogens is 260 g/mol. The Morgan fingerprint density at radius 1 is 1.41 bits per heavy atom. The van der Waals surface area contributed by atoms with Crippen molar-refractivity contribution >= 4 is 21.6 Å². The van der Waals surface area contributed by atoms with E-state index in [1.165, 1.54) is 10.4 Å². The third-order valence-corrected chi connectivity index (χ3v) is 4.75. The van der Waals surface area contributed by atoms with Gasteiger partial charge in [0, 0.05) is 25.2 Å². The highest BCUT2D eigenvalue weighted by Gasteiger charge is 2.22. The molecule has 1 N–H and O–H groups in total. The SMILES string of the molecule is CNCCN(C)S(=O)(=O)c1cc(Cl)ccc1C. The highest BCUT2D eigenvalue weighted by molar-refractivity contribution is 7.89. The molecule has 0 saturated carbocycles. The van der Waals surface area contributed by atoms with Crippen LogP contribution in [0.2, 0.25) is 5.02 Å². The lowest BCUT2D eigenvalue weighted by molar-refractivity contribution is 0.465. The van der Waals surface area contributed by atoms with Crippen molar-refractivity contribution in [3.63, 3.8) is 0 Å². The summed E-state index contributed by atoms with van der Waals surface area (Å²) < 4.78 is 25.8. The number of halogens is 1. The predicted octanol–water partition coefficient (Wildman–Crippen LogP) is 1.49. The minimum Gasteiger partial charge on any atom is -0.318 e. The van der Waals surface area contributed by atoms with Crippen molar-refractivity contribution in [2.45, 2.75) is 11.8 Å². The smallest absolute Gasteiger partial charge is 0.243 e. The number of aryl methyl sites for hydroxylation is 1. The van der Waals surface area contributed by atoms with Crippen molar-refractivity contribution in [3.05, 3.63) is 28.8 Å². The van der Waals surface area contributed by atoms with Gasteiger partial charge in [0.25, 0.3) is 0 Å². The summed E-state index contributed by atoms with van der Waals surface area (Å²) in [5, 5.41) is 3.34. The standard InChI is InChI=1S/C11H17ClN2O2S/c1-9-4-5-10(12)8-11(9)17(15,16)14(3)7-6-13-2/h4-5,8,13H,6-7H2,1-3H3. The van der Waals surface area contributed by atoms with E-state index >= 15 is 0 Å². The van der Waals surface area contributed by atoms with E-state index < -0.39 is 10.0 Å². The van der Waals surface area contributed by atoms with Gasteiger partial charge in [-0.3, -0.25) is 0 Å². The Labute approximate surface area is 108 Å². The van der Waals surface area contributed by atoms with Gasteiger partial charge in [0.1, 0.15) is 0 Å². The maximum absolute atomic E-state index is 12.3. The first-order valence-electron chi connectivity index (χ1n) is 5.26. The Balaban J connectivity index is 3.08. The molecule has 0 bridgehead atoms. The maximum Gasteiger partial charge on any atom is 0.243 e. The molecule has 0 aliphatic carbocycles. The zero-order valence-corrected chi connectivity index (χ0v) is 11.8. The molecule has 0 atom stereocenters. The molecule has 0 amide bonds. The number of hydrogen-bond acceptors (Lipinski definition) is 3. The van der Waals surface area contributed by atoms with Gasteiger partial charge in [-0.1, -0.05) is 17.7 Å². The molecule has 0 saturated heterocycles. The molecule has 0 aliphatic heterocycles. The molecule has 96 valence electrons. The van der Waals surface area contributed by atoms with Crippen LogP contribution >= 0.6 is 11.6 Å². The lowest BCUT2D eigenvalue weighted by Crippen LogP contribution is -2.33. The first-order chi connectivity index (χ1) is 7.89. The van der Waals surface area contributed by atoms with Gasteiger partial charge in [0.15, 0.2) is 0 Å². The van der Waals surface area contributed by atoms with Crippen LogP contribution in [0.4, 0.5) is 0 Å². The van der Waals surface area contributed by atoms with Crippen molar-refractivity contribution in [2.75, 3.05) is 27.2 Å². The molecule has 0 radical (unpaired) electrons. The van der Waals surface area contributed by atoms with E-state index in [9.17, 15) is 8.42 Å². The average molecular weight is 277 g/mol. The summed E-state index contributed by atoms with van der Waals surface area (Å²) in [6.45, 7) is 2.79. The molecule has 17 heavy (non-hydrogen) atoms. The predicted molar refractivity (Wildman–Crippen MR) is 69.9 cm³/mol. The van der Waals surface area contributed by atoms with E-state index in [0.29, 0.717) is 23.7 Å². The van der Waals surface area contributed by atoms with E-state index in [4.69, 9.17) is 11.6 Å². The van der Waals surface area contributed by atoms with Gasteiger partial charge in [0.05, 0.1) is 4.90 Å². The Bertz CT molecular complexity index is 488. The Hall–Kier alpha value is -0.620. The number of benzene rings is 1. The minimum absolute atomic E-state index is 0.267. The fourth-order valence-corrected chi connectivity index (χ4v) is 3.06. The van der Waals surface area contributed by atoms with Gasteiger partial charge >= 0.3 is 0 Å². The first-order valence-corrected chi connectivity index (χ1v) is 7.08. The Morgan fingerprint density at radius 2 is 2.06 bits per heavy atom. The number of rotatable bonds is 5.